The van der Waals surface area contributed by atoms with Crippen LogP contribution >= 0.6 is 0 Å². The van der Waals surface area contributed by atoms with Gasteiger partial charge in [-0.2, -0.15) is 0 Å². The van der Waals surface area contributed by atoms with Gasteiger partial charge in [0, 0.05) is 12.2 Å². The molecule has 2 heterocycles. The van der Waals surface area contributed by atoms with Crippen molar-refractivity contribution in [1.29, 1.82) is 0 Å². The zero-order chi connectivity index (χ0) is 16.7. The lowest BCUT2D eigenvalue weighted by Crippen LogP contribution is -2.32. The molecule has 5 nitrogen and oxygen atoms in total. The maximum Gasteiger partial charge on any atom is 0.234 e. The second kappa shape index (κ2) is 8.56. The second-order valence-electron chi connectivity index (χ2n) is 6.03. The normalized spacial score (nSPS) is 17.8. The summed E-state index contributed by atoms with van der Waals surface area (Å²) in [7, 11) is 0. The summed E-state index contributed by atoms with van der Waals surface area (Å²) in [6.45, 7) is 4.79. The minimum absolute atomic E-state index is 0.109. The van der Waals surface area contributed by atoms with Crippen molar-refractivity contribution in [2.75, 3.05) is 6.54 Å². The smallest absolute Gasteiger partial charge is 0.234 e. The first-order valence-electron chi connectivity index (χ1n) is 8.49. The number of rotatable bonds is 8. The van der Waals surface area contributed by atoms with Gasteiger partial charge in [-0.3, -0.25) is 9.98 Å². The molecule has 0 amide bonds. The summed E-state index contributed by atoms with van der Waals surface area (Å²) >= 11 is 0. The van der Waals surface area contributed by atoms with Gasteiger partial charge in [0.1, 0.15) is 0 Å². The van der Waals surface area contributed by atoms with E-state index in [1.807, 2.05) is 25.1 Å². The van der Waals surface area contributed by atoms with Gasteiger partial charge in [-0.05, 0) is 25.5 Å². The number of aliphatic imine (C=N–C) groups is 1. The van der Waals surface area contributed by atoms with Gasteiger partial charge < -0.3 is 15.1 Å². The molecule has 23 heavy (non-hydrogen) atoms. The summed E-state index contributed by atoms with van der Waals surface area (Å²) in [6, 6.07) is 5.77. The van der Waals surface area contributed by atoms with Crippen molar-refractivity contribution in [2.24, 2.45) is 4.99 Å². The largest absolute Gasteiger partial charge is 0.502 e. The molecule has 2 rings (SSSR count). The first kappa shape index (κ1) is 17.3. The SMILES string of the molecule is CCCCCCCCN1C(O)=C(O)C=NC1c1cccc(C)n1. The number of hydrogen-bond donors (Lipinski definition) is 2. The molecular formula is C18H27N3O2. The summed E-state index contributed by atoms with van der Waals surface area (Å²) < 4.78 is 0. The molecule has 0 radical (unpaired) electrons. The Morgan fingerprint density at radius 2 is 1.83 bits per heavy atom. The number of pyridine rings is 1. The Labute approximate surface area is 138 Å². The standard InChI is InChI=1S/C18H27N3O2/c1-3-4-5-6-7-8-12-21-17(19-13-16(22)18(21)23)15-11-9-10-14(2)20-15/h9-11,13,17,22-23H,3-8,12H2,1-2H3. The highest BCUT2D eigenvalue weighted by Crippen LogP contribution is 2.28. The van der Waals surface area contributed by atoms with E-state index in [2.05, 4.69) is 16.9 Å². The fourth-order valence-corrected chi connectivity index (χ4v) is 2.78. The molecule has 0 aliphatic carbocycles. The first-order chi connectivity index (χ1) is 11.1. The summed E-state index contributed by atoms with van der Waals surface area (Å²) in [5.41, 5.74) is 1.70. The number of hydrogen-bond acceptors (Lipinski definition) is 5. The van der Waals surface area contributed by atoms with Gasteiger partial charge in [0.2, 0.25) is 5.88 Å². The molecule has 0 spiro atoms. The van der Waals surface area contributed by atoms with Crippen molar-refractivity contribution in [3.05, 3.63) is 41.2 Å². The molecular weight excluding hydrogens is 290 g/mol. The molecule has 0 bridgehead atoms. The van der Waals surface area contributed by atoms with Crippen LogP contribution in [0.2, 0.25) is 0 Å². The average Bonchev–Trinajstić information content (AvgIpc) is 2.54. The van der Waals surface area contributed by atoms with Crippen LogP contribution in [-0.2, 0) is 0 Å². The van der Waals surface area contributed by atoms with Crippen LogP contribution in [0.25, 0.3) is 0 Å². The minimum atomic E-state index is -0.374. The van der Waals surface area contributed by atoms with E-state index in [-0.39, 0.29) is 17.8 Å². The topological polar surface area (TPSA) is 69.0 Å². The monoisotopic (exact) mass is 317 g/mol. The Bertz CT molecular complexity index is 569. The van der Waals surface area contributed by atoms with Gasteiger partial charge in [-0.25, -0.2) is 0 Å². The van der Waals surface area contributed by atoms with Gasteiger partial charge in [-0.1, -0.05) is 45.1 Å². The van der Waals surface area contributed by atoms with Crippen molar-refractivity contribution in [3.63, 3.8) is 0 Å². The summed E-state index contributed by atoms with van der Waals surface area (Å²) in [4.78, 5) is 10.6. The Morgan fingerprint density at radius 1 is 1.09 bits per heavy atom. The van der Waals surface area contributed by atoms with Crippen molar-refractivity contribution in [3.8, 4) is 0 Å². The van der Waals surface area contributed by atoms with E-state index in [0.29, 0.717) is 6.54 Å². The van der Waals surface area contributed by atoms with Gasteiger partial charge in [0.25, 0.3) is 0 Å². The number of nitrogens with zero attached hydrogens (tertiary/aromatic N) is 3. The number of allylic oxidation sites excluding steroid dienone is 1. The van der Waals surface area contributed by atoms with E-state index in [1.165, 1.54) is 31.9 Å². The van der Waals surface area contributed by atoms with Crippen LogP contribution in [0.3, 0.4) is 0 Å². The highest BCUT2D eigenvalue weighted by Gasteiger charge is 2.27. The fourth-order valence-electron chi connectivity index (χ4n) is 2.78. The van der Waals surface area contributed by atoms with E-state index in [0.717, 1.165) is 24.2 Å². The average molecular weight is 317 g/mol. The van der Waals surface area contributed by atoms with Gasteiger partial charge in [-0.15, -0.1) is 0 Å². The number of aliphatic hydroxyl groups excluding tert-OH is 2. The predicted octanol–water partition coefficient (Wildman–Crippen LogP) is 4.42. The van der Waals surface area contributed by atoms with E-state index in [4.69, 9.17) is 0 Å². The Kier molecular flexibility index (Phi) is 6.44. The third kappa shape index (κ3) is 4.71. The molecule has 1 unspecified atom stereocenters. The Hall–Kier alpha value is -2.04. The summed E-state index contributed by atoms with van der Waals surface area (Å²) in [5, 5.41) is 20.0. The molecule has 0 aromatic carbocycles. The number of unbranched alkanes of at least 4 members (excludes halogenated alkanes) is 5. The molecule has 1 aromatic rings. The van der Waals surface area contributed by atoms with E-state index in [1.54, 1.807) is 4.90 Å². The molecule has 0 fully saturated rings. The quantitative estimate of drug-likeness (QED) is 0.696. The van der Waals surface area contributed by atoms with Crippen LogP contribution in [0.1, 0.15) is 63.0 Å². The van der Waals surface area contributed by atoms with Gasteiger partial charge in [0.05, 0.1) is 11.9 Å². The number of aromatic nitrogens is 1. The lowest BCUT2D eigenvalue weighted by atomic mass is 10.1. The molecule has 2 N–H and O–H groups in total. The van der Waals surface area contributed by atoms with Crippen LogP contribution in [0.15, 0.2) is 34.8 Å². The molecule has 1 aliphatic rings. The molecule has 126 valence electrons. The maximum absolute atomic E-state index is 10.2. The third-order valence-electron chi connectivity index (χ3n) is 4.06. The van der Waals surface area contributed by atoms with Gasteiger partial charge >= 0.3 is 0 Å². The molecule has 0 saturated heterocycles. The Morgan fingerprint density at radius 3 is 2.57 bits per heavy atom. The Balaban J connectivity index is 2.01. The van der Waals surface area contributed by atoms with Crippen LogP contribution in [0, 0.1) is 6.92 Å². The zero-order valence-electron chi connectivity index (χ0n) is 14.1. The molecule has 1 aliphatic heterocycles. The first-order valence-corrected chi connectivity index (χ1v) is 8.49. The van der Waals surface area contributed by atoms with Gasteiger partial charge in [0.15, 0.2) is 11.9 Å². The molecule has 1 atom stereocenters. The van der Waals surface area contributed by atoms with Crippen molar-refractivity contribution >= 4 is 6.21 Å². The minimum Gasteiger partial charge on any atom is -0.502 e. The van der Waals surface area contributed by atoms with E-state index in [9.17, 15) is 10.2 Å². The van der Waals surface area contributed by atoms with Crippen molar-refractivity contribution in [1.82, 2.24) is 9.88 Å². The lowest BCUT2D eigenvalue weighted by molar-refractivity contribution is 0.128. The molecule has 1 aromatic heterocycles. The highest BCUT2D eigenvalue weighted by atomic mass is 16.3. The van der Waals surface area contributed by atoms with Crippen molar-refractivity contribution < 1.29 is 10.2 Å². The van der Waals surface area contributed by atoms with E-state index < -0.39 is 0 Å². The third-order valence-corrected chi connectivity index (χ3v) is 4.06. The van der Waals surface area contributed by atoms with Crippen LogP contribution < -0.4 is 0 Å². The molecule has 5 heteroatoms. The van der Waals surface area contributed by atoms with Crippen LogP contribution in [0.4, 0.5) is 0 Å². The van der Waals surface area contributed by atoms with E-state index >= 15 is 0 Å². The number of aliphatic hydroxyl groups is 2. The second-order valence-corrected chi connectivity index (χ2v) is 6.03. The van der Waals surface area contributed by atoms with Crippen LogP contribution in [-0.4, -0.2) is 32.9 Å². The van der Waals surface area contributed by atoms with Crippen molar-refractivity contribution in [2.45, 2.75) is 58.5 Å². The predicted molar refractivity (Wildman–Crippen MR) is 92.6 cm³/mol. The zero-order valence-corrected chi connectivity index (χ0v) is 14.1. The maximum atomic E-state index is 10.2. The number of aryl methyl sites for hydroxylation is 1. The summed E-state index contributed by atoms with van der Waals surface area (Å²) in [6.07, 6.45) is 7.97. The lowest BCUT2D eigenvalue weighted by Gasteiger charge is -2.32. The fraction of sp³-hybridized carbons (Fsp3) is 0.556. The summed E-state index contributed by atoms with van der Waals surface area (Å²) in [5.74, 6) is -0.290. The van der Waals surface area contributed by atoms with Crippen LogP contribution in [0.5, 0.6) is 0 Å². The highest BCUT2D eigenvalue weighted by molar-refractivity contribution is 5.77. The molecule has 0 saturated carbocycles.